The summed E-state index contributed by atoms with van der Waals surface area (Å²) in [6.45, 7) is 11.6. The zero-order chi connectivity index (χ0) is 16.5. The van der Waals surface area contributed by atoms with Crippen LogP contribution >= 0.6 is 0 Å². The topological polar surface area (TPSA) is 40.5 Å². The van der Waals surface area contributed by atoms with Crippen LogP contribution in [-0.4, -0.2) is 15.9 Å². The first-order valence-corrected chi connectivity index (χ1v) is 8.36. The zero-order valence-electron chi connectivity index (χ0n) is 14.5. The van der Waals surface area contributed by atoms with Crippen LogP contribution in [-0.2, 0) is 17.9 Å². The van der Waals surface area contributed by atoms with Gasteiger partial charge >= 0.3 is 0 Å². The van der Waals surface area contributed by atoms with Crippen molar-refractivity contribution < 1.29 is 9.90 Å². The molecule has 1 aliphatic rings. The second kappa shape index (κ2) is 6.41. The summed E-state index contributed by atoms with van der Waals surface area (Å²) in [4.78, 5) is 14.5. The van der Waals surface area contributed by atoms with Gasteiger partial charge in [-0.05, 0) is 34.9 Å². The predicted octanol–water partition coefficient (Wildman–Crippen LogP) is 4.04. The Balaban J connectivity index is 2.17. The fourth-order valence-electron chi connectivity index (χ4n) is 3.14. The summed E-state index contributed by atoms with van der Waals surface area (Å²) in [5, 5.41) is 10.4. The van der Waals surface area contributed by atoms with Crippen molar-refractivity contribution in [2.75, 3.05) is 0 Å². The van der Waals surface area contributed by atoms with Crippen molar-refractivity contribution in [1.82, 2.24) is 4.90 Å². The SMILES string of the molecule is CCC(CC)C(=O)N1Cc2ccc(C(O)C(C)(C)C)cc2C1. The number of carbonyl (C=O) groups excluding carboxylic acids is 1. The first kappa shape index (κ1) is 17.0. The van der Waals surface area contributed by atoms with Crippen molar-refractivity contribution in [3.63, 3.8) is 0 Å². The summed E-state index contributed by atoms with van der Waals surface area (Å²) < 4.78 is 0. The number of benzene rings is 1. The van der Waals surface area contributed by atoms with E-state index in [1.54, 1.807) is 0 Å². The average Bonchev–Trinajstić information content (AvgIpc) is 2.89. The van der Waals surface area contributed by atoms with Crippen LogP contribution in [0.4, 0.5) is 0 Å². The lowest BCUT2D eigenvalue weighted by molar-refractivity contribution is -0.136. The number of nitrogens with zero attached hydrogens (tertiary/aromatic N) is 1. The fourth-order valence-corrected chi connectivity index (χ4v) is 3.14. The summed E-state index contributed by atoms with van der Waals surface area (Å²) >= 11 is 0. The van der Waals surface area contributed by atoms with E-state index in [1.807, 2.05) is 31.7 Å². The minimum absolute atomic E-state index is 0.133. The molecule has 0 fully saturated rings. The molecule has 2 rings (SSSR count). The van der Waals surface area contributed by atoms with E-state index in [-0.39, 0.29) is 17.2 Å². The van der Waals surface area contributed by atoms with Crippen LogP contribution in [0, 0.1) is 11.3 Å². The van der Waals surface area contributed by atoms with E-state index in [1.165, 1.54) is 11.1 Å². The smallest absolute Gasteiger partial charge is 0.226 e. The normalized spacial score (nSPS) is 16.0. The third-order valence-electron chi connectivity index (χ3n) is 4.74. The van der Waals surface area contributed by atoms with E-state index >= 15 is 0 Å². The van der Waals surface area contributed by atoms with Crippen molar-refractivity contribution in [3.8, 4) is 0 Å². The standard InChI is InChI=1S/C19H29NO2/c1-6-13(7-2)18(22)20-11-15-9-8-14(10-16(15)12-20)17(21)19(3,4)5/h8-10,13,17,21H,6-7,11-12H2,1-5H3. The molecule has 3 nitrogen and oxygen atoms in total. The highest BCUT2D eigenvalue weighted by Crippen LogP contribution is 2.35. The first-order valence-electron chi connectivity index (χ1n) is 8.36. The number of carbonyl (C=O) groups is 1. The molecule has 0 saturated heterocycles. The van der Waals surface area contributed by atoms with Crippen LogP contribution in [0.2, 0.25) is 0 Å². The van der Waals surface area contributed by atoms with E-state index in [4.69, 9.17) is 0 Å². The largest absolute Gasteiger partial charge is 0.388 e. The fraction of sp³-hybridized carbons (Fsp3) is 0.632. The van der Waals surface area contributed by atoms with Crippen LogP contribution < -0.4 is 0 Å². The molecular weight excluding hydrogens is 274 g/mol. The predicted molar refractivity (Wildman–Crippen MR) is 89.2 cm³/mol. The quantitative estimate of drug-likeness (QED) is 0.911. The molecule has 1 amide bonds. The lowest BCUT2D eigenvalue weighted by atomic mass is 9.84. The Morgan fingerprint density at radius 3 is 2.32 bits per heavy atom. The van der Waals surface area contributed by atoms with Gasteiger partial charge in [0.15, 0.2) is 0 Å². The molecule has 1 unspecified atom stereocenters. The number of hydrogen-bond acceptors (Lipinski definition) is 2. The van der Waals surface area contributed by atoms with Crippen molar-refractivity contribution >= 4 is 5.91 Å². The van der Waals surface area contributed by atoms with Gasteiger partial charge in [-0.3, -0.25) is 4.79 Å². The number of amides is 1. The number of fused-ring (bicyclic) bond motifs is 1. The van der Waals surface area contributed by atoms with Gasteiger partial charge in [-0.1, -0.05) is 52.8 Å². The first-order chi connectivity index (χ1) is 10.3. The Morgan fingerprint density at radius 1 is 1.18 bits per heavy atom. The molecule has 22 heavy (non-hydrogen) atoms. The molecular formula is C19H29NO2. The van der Waals surface area contributed by atoms with E-state index in [0.29, 0.717) is 13.1 Å². The van der Waals surface area contributed by atoms with Gasteiger partial charge in [0.25, 0.3) is 0 Å². The van der Waals surface area contributed by atoms with Crippen molar-refractivity contribution in [1.29, 1.82) is 0 Å². The maximum Gasteiger partial charge on any atom is 0.226 e. The molecule has 1 N–H and O–H groups in total. The summed E-state index contributed by atoms with van der Waals surface area (Å²) in [6.07, 6.45) is 1.31. The summed E-state index contributed by atoms with van der Waals surface area (Å²) in [6, 6.07) is 6.14. The van der Waals surface area contributed by atoms with Gasteiger partial charge in [-0.25, -0.2) is 0 Å². The molecule has 0 saturated carbocycles. The van der Waals surface area contributed by atoms with Gasteiger partial charge in [0, 0.05) is 19.0 Å². The summed E-state index contributed by atoms with van der Waals surface area (Å²) in [5.74, 6) is 0.396. The van der Waals surface area contributed by atoms with Crippen molar-refractivity contribution in [2.24, 2.45) is 11.3 Å². The van der Waals surface area contributed by atoms with E-state index in [2.05, 4.69) is 26.0 Å². The molecule has 1 aromatic rings. The van der Waals surface area contributed by atoms with Crippen LogP contribution in [0.25, 0.3) is 0 Å². The molecule has 122 valence electrons. The Labute approximate surface area is 134 Å². The molecule has 0 radical (unpaired) electrons. The highest BCUT2D eigenvalue weighted by molar-refractivity contribution is 5.79. The van der Waals surface area contributed by atoms with Crippen molar-refractivity contribution in [2.45, 2.75) is 66.7 Å². The highest BCUT2D eigenvalue weighted by Gasteiger charge is 2.29. The zero-order valence-corrected chi connectivity index (χ0v) is 14.5. The van der Waals surface area contributed by atoms with Crippen LogP contribution in [0.1, 0.15) is 70.3 Å². The summed E-state index contributed by atoms with van der Waals surface area (Å²) in [5.41, 5.74) is 3.16. The number of rotatable bonds is 4. The molecule has 3 heteroatoms. The minimum Gasteiger partial charge on any atom is -0.388 e. The van der Waals surface area contributed by atoms with Gasteiger partial charge in [0.1, 0.15) is 0 Å². The van der Waals surface area contributed by atoms with Gasteiger partial charge < -0.3 is 10.0 Å². The lowest BCUT2D eigenvalue weighted by Gasteiger charge is -2.26. The Kier molecular flexibility index (Phi) is 4.96. The Hall–Kier alpha value is -1.35. The van der Waals surface area contributed by atoms with Gasteiger partial charge in [0.2, 0.25) is 5.91 Å². The number of aliphatic hydroxyl groups excluding tert-OH is 1. The monoisotopic (exact) mass is 303 g/mol. The molecule has 1 aromatic carbocycles. The molecule has 0 aromatic heterocycles. The third-order valence-corrected chi connectivity index (χ3v) is 4.74. The maximum absolute atomic E-state index is 12.5. The van der Waals surface area contributed by atoms with Crippen LogP contribution in [0.3, 0.4) is 0 Å². The number of hydrogen-bond donors (Lipinski definition) is 1. The second-order valence-corrected chi connectivity index (χ2v) is 7.50. The molecule has 0 spiro atoms. The summed E-state index contributed by atoms with van der Waals surface area (Å²) in [7, 11) is 0. The van der Waals surface area contributed by atoms with E-state index in [0.717, 1.165) is 18.4 Å². The molecule has 0 bridgehead atoms. The highest BCUT2D eigenvalue weighted by atomic mass is 16.3. The molecule has 1 aliphatic heterocycles. The van der Waals surface area contributed by atoms with Gasteiger partial charge in [-0.15, -0.1) is 0 Å². The van der Waals surface area contributed by atoms with E-state index in [9.17, 15) is 9.90 Å². The van der Waals surface area contributed by atoms with Gasteiger partial charge in [-0.2, -0.15) is 0 Å². The minimum atomic E-state index is -0.485. The Bertz CT molecular complexity index is 541. The second-order valence-electron chi connectivity index (χ2n) is 7.50. The molecule has 0 aliphatic carbocycles. The van der Waals surface area contributed by atoms with E-state index < -0.39 is 6.10 Å². The van der Waals surface area contributed by atoms with Crippen LogP contribution in [0.15, 0.2) is 18.2 Å². The Morgan fingerprint density at radius 2 is 1.77 bits per heavy atom. The number of aliphatic hydroxyl groups is 1. The molecule has 1 heterocycles. The van der Waals surface area contributed by atoms with Crippen molar-refractivity contribution in [3.05, 3.63) is 34.9 Å². The van der Waals surface area contributed by atoms with Crippen LogP contribution in [0.5, 0.6) is 0 Å². The maximum atomic E-state index is 12.5. The lowest BCUT2D eigenvalue weighted by Crippen LogP contribution is -2.31. The molecule has 1 atom stereocenters. The average molecular weight is 303 g/mol. The third kappa shape index (κ3) is 3.35. The van der Waals surface area contributed by atoms with Gasteiger partial charge in [0.05, 0.1) is 6.10 Å².